The number of carbonyl (C=O) groups excluding carboxylic acids is 2. The number of aromatic nitrogens is 1. The summed E-state index contributed by atoms with van der Waals surface area (Å²) in [6, 6.07) is 12.5. The van der Waals surface area contributed by atoms with Crippen molar-refractivity contribution in [1.29, 1.82) is 0 Å². The van der Waals surface area contributed by atoms with E-state index in [1.807, 2.05) is 35.2 Å². The summed E-state index contributed by atoms with van der Waals surface area (Å²) in [6.45, 7) is 1.94. The van der Waals surface area contributed by atoms with E-state index >= 15 is 0 Å². The number of carbonyl (C=O) groups is 2. The van der Waals surface area contributed by atoms with Crippen LogP contribution in [-0.4, -0.2) is 58.4 Å². The topological polar surface area (TPSA) is 62.7 Å². The minimum atomic E-state index is -0.482. The first-order chi connectivity index (χ1) is 13.2. The average molecular weight is 365 g/mol. The number of pyridine rings is 1. The van der Waals surface area contributed by atoms with Gasteiger partial charge in [0.25, 0.3) is 5.91 Å². The smallest absolute Gasteiger partial charge is 0.256 e. The molecule has 1 aromatic heterocycles. The fourth-order valence-corrected chi connectivity index (χ4v) is 3.84. The van der Waals surface area contributed by atoms with Gasteiger partial charge in [-0.05, 0) is 37.1 Å². The van der Waals surface area contributed by atoms with Crippen molar-refractivity contribution >= 4 is 11.8 Å². The quantitative estimate of drug-likeness (QED) is 0.835. The Labute approximate surface area is 158 Å². The summed E-state index contributed by atoms with van der Waals surface area (Å²) in [5.74, 6) is 0.620. The van der Waals surface area contributed by atoms with E-state index in [1.54, 1.807) is 29.4 Å². The average Bonchev–Trinajstić information content (AvgIpc) is 3.39. The molecule has 0 saturated carbocycles. The van der Waals surface area contributed by atoms with Gasteiger partial charge in [0.05, 0.1) is 12.1 Å². The molecule has 6 nitrogen and oxygen atoms in total. The van der Waals surface area contributed by atoms with E-state index in [-0.39, 0.29) is 17.9 Å². The van der Waals surface area contributed by atoms with E-state index in [2.05, 4.69) is 4.98 Å². The fourth-order valence-electron chi connectivity index (χ4n) is 3.84. The molecule has 1 aromatic carbocycles. The van der Waals surface area contributed by atoms with Crippen molar-refractivity contribution in [3.63, 3.8) is 0 Å². The highest BCUT2D eigenvalue weighted by Gasteiger charge is 2.43. The normalized spacial score (nSPS) is 22.1. The van der Waals surface area contributed by atoms with Gasteiger partial charge in [-0.25, -0.2) is 0 Å². The Balaban J connectivity index is 1.55. The summed E-state index contributed by atoms with van der Waals surface area (Å²) in [6.07, 6.45) is 5.54. The Morgan fingerprint density at radius 1 is 1.04 bits per heavy atom. The predicted octanol–water partition coefficient (Wildman–Crippen LogP) is 2.37. The third-order valence-corrected chi connectivity index (χ3v) is 5.18. The van der Waals surface area contributed by atoms with Crippen molar-refractivity contribution in [2.24, 2.45) is 0 Å². The van der Waals surface area contributed by atoms with Crippen LogP contribution in [0.15, 0.2) is 54.9 Å². The summed E-state index contributed by atoms with van der Waals surface area (Å²) in [7, 11) is 0. The van der Waals surface area contributed by atoms with Gasteiger partial charge < -0.3 is 14.5 Å². The third kappa shape index (κ3) is 3.79. The lowest BCUT2D eigenvalue weighted by Crippen LogP contribution is -2.47. The number of nitrogens with zero attached hydrogens (tertiary/aromatic N) is 3. The van der Waals surface area contributed by atoms with Gasteiger partial charge in [0.15, 0.2) is 0 Å². The molecule has 0 N–H and O–H groups in total. The summed E-state index contributed by atoms with van der Waals surface area (Å²) in [5, 5.41) is 0. The maximum absolute atomic E-state index is 13.1. The largest absolute Gasteiger partial charge is 0.488 e. The Morgan fingerprint density at radius 2 is 1.81 bits per heavy atom. The number of ether oxygens (including phenoxy) is 1. The highest BCUT2D eigenvalue weighted by atomic mass is 16.5. The number of amides is 2. The molecule has 27 heavy (non-hydrogen) atoms. The number of rotatable bonds is 4. The summed E-state index contributed by atoms with van der Waals surface area (Å²) < 4.78 is 6.05. The maximum atomic E-state index is 13.1. The molecule has 3 heterocycles. The predicted molar refractivity (Wildman–Crippen MR) is 100 cm³/mol. The molecule has 2 unspecified atom stereocenters. The Morgan fingerprint density at radius 3 is 2.52 bits per heavy atom. The van der Waals surface area contributed by atoms with E-state index in [4.69, 9.17) is 4.74 Å². The Kier molecular flexibility index (Phi) is 5.05. The second-order valence-corrected chi connectivity index (χ2v) is 7.04. The zero-order valence-electron chi connectivity index (χ0n) is 15.2. The lowest BCUT2D eigenvalue weighted by atomic mass is 10.1. The standard InChI is InChI=1S/C21H23N3O3/c25-20(16-7-6-10-22-14-16)24-15-18(27-17-8-2-1-3-9-17)13-19(24)21(26)23-11-4-5-12-23/h1-3,6-10,14,18-19H,4-5,11-13,15H2. The van der Waals surface area contributed by atoms with E-state index in [1.165, 1.54) is 0 Å². The maximum Gasteiger partial charge on any atom is 0.256 e. The minimum Gasteiger partial charge on any atom is -0.488 e. The summed E-state index contributed by atoms with van der Waals surface area (Å²) >= 11 is 0. The van der Waals surface area contributed by atoms with Crippen LogP contribution in [0.1, 0.15) is 29.6 Å². The monoisotopic (exact) mass is 365 g/mol. The highest BCUT2D eigenvalue weighted by molar-refractivity contribution is 5.97. The zero-order chi connectivity index (χ0) is 18.6. The number of hydrogen-bond acceptors (Lipinski definition) is 4. The number of benzene rings is 1. The van der Waals surface area contributed by atoms with Crippen LogP contribution < -0.4 is 4.74 Å². The molecule has 2 amide bonds. The van der Waals surface area contributed by atoms with E-state index in [0.717, 1.165) is 31.7 Å². The van der Waals surface area contributed by atoms with Crippen molar-refractivity contribution in [3.8, 4) is 5.75 Å². The first kappa shape index (κ1) is 17.5. The molecule has 0 aliphatic carbocycles. The molecule has 2 saturated heterocycles. The zero-order valence-corrected chi connectivity index (χ0v) is 15.2. The van der Waals surface area contributed by atoms with Gasteiger partial charge in [-0.1, -0.05) is 18.2 Å². The van der Waals surface area contributed by atoms with E-state index in [9.17, 15) is 9.59 Å². The molecule has 0 spiro atoms. The van der Waals surface area contributed by atoms with Crippen LogP contribution in [0.4, 0.5) is 0 Å². The van der Waals surface area contributed by atoms with Crippen LogP contribution in [-0.2, 0) is 4.79 Å². The van der Waals surface area contributed by atoms with Crippen molar-refractivity contribution in [2.75, 3.05) is 19.6 Å². The molecule has 4 rings (SSSR count). The molecule has 6 heteroatoms. The van der Waals surface area contributed by atoms with Gasteiger partial charge in [-0.3, -0.25) is 14.6 Å². The molecular formula is C21H23N3O3. The molecule has 2 aliphatic heterocycles. The molecule has 140 valence electrons. The number of para-hydroxylation sites is 1. The Hall–Kier alpha value is -2.89. The lowest BCUT2D eigenvalue weighted by molar-refractivity contribution is -0.134. The van der Waals surface area contributed by atoms with E-state index in [0.29, 0.717) is 18.5 Å². The van der Waals surface area contributed by atoms with Crippen LogP contribution in [0.2, 0.25) is 0 Å². The van der Waals surface area contributed by atoms with Crippen LogP contribution in [0, 0.1) is 0 Å². The lowest BCUT2D eigenvalue weighted by Gasteiger charge is -2.27. The second-order valence-electron chi connectivity index (χ2n) is 7.04. The van der Waals surface area contributed by atoms with Gasteiger partial charge in [0, 0.05) is 31.9 Å². The summed E-state index contributed by atoms with van der Waals surface area (Å²) in [5.41, 5.74) is 0.497. The first-order valence-electron chi connectivity index (χ1n) is 9.44. The van der Waals surface area contributed by atoms with Gasteiger partial charge in [0.1, 0.15) is 17.9 Å². The highest BCUT2D eigenvalue weighted by Crippen LogP contribution is 2.27. The molecule has 2 aromatic rings. The minimum absolute atomic E-state index is 0.0314. The fraction of sp³-hybridized carbons (Fsp3) is 0.381. The van der Waals surface area contributed by atoms with Gasteiger partial charge in [-0.2, -0.15) is 0 Å². The second kappa shape index (κ2) is 7.78. The van der Waals surface area contributed by atoms with Gasteiger partial charge in [-0.15, -0.1) is 0 Å². The van der Waals surface area contributed by atoms with Crippen molar-refractivity contribution in [1.82, 2.24) is 14.8 Å². The van der Waals surface area contributed by atoms with Gasteiger partial charge in [0.2, 0.25) is 5.91 Å². The Bertz CT molecular complexity index is 791. The van der Waals surface area contributed by atoms with Crippen LogP contribution in [0.5, 0.6) is 5.75 Å². The molecule has 2 atom stereocenters. The van der Waals surface area contributed by atoms with Crippen LogP contribution >= 0.6 is 0 Å². The van der Waals surface area contributed by atoms with Crippen molar-refractivity contribution in [3.05, 3.63) is 60.4 Å². The molecule has 2 aliphatic rings. The molecule has 0 bridgehead atoms. The van der Waals surface area contributed by atoms with E-state index < -0.39 is 6.04 Å². The molecule has 0 radical (unpaired) electrons. The van der Waals surface area contributed by atoms with Crippen molar-refractivity contribution in [2.45, 2.75) is 31.4 Å². The first-order valence-corrected chi connectivity index (χ1v) is 9.44. The molecular weight excluding hydrogens is 342 g/mol. The SMILES string of the molecule is O=C(C1CC(Oc2ccccc2)CN1C(=O)c1cccnc1)N1CCCC1. The van der Waals surface area contributed by atoms with Crippen LogP contribution in [0.25, 0.3) is 0 Å². The number of hydrogen-bond donors (Lipinski definition) is 0. The number of likely N-dealkylation sites (tertiary alicyclic amines) is 2. The van der Waals surface area contributed by atoms with Crippen LogP contribution in [0.3, 0.4) is 0 Å². The van der Waals surface area contributed by atoms with Crippen molar-refractivity contribution < 1.29 is 14.3 Å². The summed E-state index contributed by atoms with van der Waals surface area (Å²) in [4.78, 5) is 33.7. The van der Waals surface area contributed by atoms with Gasteiger partial charge >= 0.3 is 0 Å². The molecule has 2 fully saturated rings. The third-order valence-electron chi connectivity index (χ3n) is 5.18.